The van der Waals surface area contributed by atoms with Gasteiger partial charge in [0.25, 0.3) is 10.1 Å². The number of nitrogens with one attached hydrogen (secondary N) is 1. The number of carbonyl (C=O) groups is 1. The van der Waals surface area contributed by atoms with E-state index in [-0.39, 0.29) is 32.0 Å². The minimum atomic E-state index is -4.47. The lowest BCUT2D eigenvalue weighted by atomic mass is 10.1. The Kier molecular flexibility index (Phi) is 5.35. The summed E-state index contributed by atoms with van der Waals surface area (Å²) in [7, 11) is -8.66. The Bertz CT molecular complexity index is 1310. The zero-order valence-electron chi connectivity index (χ0n) is 15.4. The number of aryl methyl sites for hydroxylation is 1. The van der Waals surface area contributed by atoms with Gasteiger partial charge in [-0.2, -0.15) is 16.8 Å². The molecule has 3 aromatic rings. The van der Waals surface area contributed by atoms with Crippen LogP contribution in [0.1, 0.15) is 12.5 Å². The molecule has 0 aliphatic heterocycles. The fraction of sp³-hybridized carbons (Fsp3) is 0.105. The zero-order valence-corrected chi connectivity index (χ0v) is 17.0. The Hall–Kier alpha value is -2.95. The normalized spacial score (nSPS) is 12.0. The number of hydrogen-bond acceptors (Lipinski definition) is 6. The van der Waals surface area contributed by atoms with Crippen LogP contribution in [0.4, 0.5) is 5.69 Å². The molecule has 0 bridgehead atoms. The molecule has 1 amide bonds. The number of fused-ring (bicyclic) bond motifs is 1. The largest absolute Gasteiger partial charge is 0.378 e. The highest BCUT2D eigenvalue weighted by atomic mass is 32.2. The van der Waals surface area contributed by atoms with E-state index >= 15 is 0 Å². The molecule has 29 heavy (non-hydrogen) atoms. The predicted molar refractivity (Wildman–Crippen MR) is 107 cm³/mol. The monoisotopic (exact) mass is 435 g/mol. The van der Waals surface area contributed by atoms with Crippen LogP contribution in [-0.2, 0) is 25.0 Å². The number of hydrogen-bond donors (Lipinski definition) is 2. The van der Waals surface area contributed by atoms with Gasteiger partial charge in [0.05, 0.1) is 4.90 Å². The van der Waals surface area contributed by atoms with E-state index in [4.69, 9.17) is 4.18 Å². The molecule has 0 saturated heterocycles. The Morgan fingerprint density at radius 1 is 0.931 bits per heavy atom. The maximum absolute atomic E-state index is 12.7. The van der Waals surface area contributed by atoms with Gasteiger partial charge in [0.15, 0.2) is 5.75 Å². The van der Waals surface area contributed by atoms with E-state index in [9.17, 15) is 26.2 Å². The highest BCUT2D eigenvalue weighted by molar-refractivity contribution is 7.87. The molecule has 152 valence electrons. The Balaban J connectivity index is 2.16. The highest BCUT2D eigenvalue weighted by Crippen LogP contribution is 2.33. The third kappa shape index (κ3) is 4.73. The molecule has 2 N–H and O–H groups in total. The Morgan fingerprint density at radius 2 is 1.55 bits per heavy atom. The molecule has 0 atom stereocenters. The molecule has 0 heterocycles. The van der Waals surface area contributed by atoms with Crippen LogP contribution in [0.5, 0.6) is 5.75 Å². The molecule has 0 unspecified atom stereocenters. The van der Waals surface area contributed by atoms with Gasteiger partial charge in [-0.1, -0.05) is 17.7 Å². The van der Waals surface area contributed by atoms with Gasteiger partial charge >= 0.3 is 10.1 Å². The van der Waals surface area contributed by atoms with Crippen LogP contribution in [0.3, 0.4) is 0 Å². The minimum absolute atomic E-state index is 0.0595. The number of rotatable bonds is 5. The average molecular weight is 435 g/mol. The number of benzene rings is 3. The van der Waals surface area contributed by atoms with Gasteiger partial charge in [0.1, 0.15) is 4.90 Å². The second-order valence-corrected chi connectivity index (χ2v) is 9.33. The molecule has 0 saturated carbocycles. The third-order valence-corrected chi connectivity index (χ3v) is 6.11. The standard InChI is InChI=1S/C19H17NO7S2/c1-12-3-5-16(6-4-12)29(25,26)27-19-11-15(20-13(2)21)9-14-10-17(28(22,23)24)7-8-18(14)19/h3-11H,1-2H3,(H,20,21)(H,22,23,24). The van der Waals surface area contributed by atoms with Crippen LogP contribution in [0.15, 0.2) is 64.4 Å². The van der Waals surface area contributed by atoms with Crippen molar-refractivity contribution in [3.63, 3.8) is 0 Å². The van der Waals surface area contributed by atoms with Crippen LogP contribution >= 0.6 is 0 Å². The van der Waals surface area contributed by atoms with E-state index in [1.54, 1.807) is 12.1 Å². The zero-order chi connectivity index (χ0) is 21.4. The summed E-state index contributed by atoms with van der Waals surface area (Å²) in [5.74, 6) is -0.517. The van der Waals surface area contributed by atoms with Crippen LogP contribution in [0, 0.1) is 6.92 Å². The number of carbonyl (C=O) groups excluding carboxylic acids is 1. The van der Waals surface area contributed by atoms with Crippen molar-refractivity contribution in [3.05, 3.63) is 60.2 Å². The molecule has 10 heteroatoms. The molecular weight excluding hydrogens is 418 g/mol. The first kappa shape index (κ1) is 20.8. The van der Waals surface area contributed by atoms with Gasteiger partial charge in [0.2, 0.25) is 5.91 Å². The van der Waals surface area contributed by atoms with E-state index in [1.807, 2.05) is 6.92 Å². The van der Waals surface area contributed by atoms with Crippen molar-refractivity contribution in [1.29, 1.82) is 0 Å². The van der Waals surface area contributed by atoms with E-state index < -0.39 is 26.1 Å². The summed E-state index contributed by atoms with van der Waals surface area (Å²) in [5.41, 5.74) is 1.08. The van der Waals surface area contributed by atoms with Gasteiger partial charge in [0, 0.05) is 24.1 Å². The molecule has 0 fully saturated rings. The second-order valence-electron chi connectivity index (χ2n) is 6.36. The fourth-order valence-electron chi connectivity index (χ4n) is 2.69. The van der Waals surface area contributed by atoms with Gasteiger partial charge in [-0.25, -0.2) is 0 Å². The van der Waals surface area contributed by atoms with Crippen LogP contribution in [0.25, 0.3) is 10.8 Å². The van der Waals surface area contributed by atoms with Crippen molar-refractivity contribution in [2.24, 2.45) is 0 Å². The summed E-state index contributed by atoms with van der Waals surface area (Å²) in [5, 5.41) is 3.03. The molecule has 3 aromatic carbocycles. The third-order valence-electron chi connectivity index (χ3n) is 4.01. The lowest BCUT2D eigenvalue weighted by Crippen LogP contribution is -2.11. The van der Waals surface area contributed by atoms with Crippen molar-refractivity contribution < 1.29 is 30.4 Å². The summed E-state index contributed by atoms with van der Waals surface area (Å²) in [4.78, 5) is 11.0. The lowest BCUT2D eigenvalue weighted by Gasteiger charge is -2.13. The Labute approximate surface area is 168 Å². The van der Waals surface area contributed by atoms with Gasteiger partial charge in [-0.3, -0.25) is 9.35 Å². The minimum Gasteiger partial charge on any atom is -0.378 e. The van der Waals surface area contributed by atoms with Crippen molar-refractivity contribution >= 4 is 42.6 Å². The van der Waals surface area contributed by atoms with Crippen LogP contribution < -0.4 is 9.50 Å². The quantitative estimate of drug-likeness (QED) is 0.466. The van der Waals surface area contributed by atoms with Crippen LogP contribution in [-0.4, -0.2) is 27.3 Å². The first-order valence-corrected chi connectivity index (χ1v) is 11.1. The van der Waals surface area contributed by atoms with Gasteiger partial charge < -0.3 is 9.50 Å². The van der Waals surface area contributed by atoms with E-state index in [0.29, 0.717) is 0 Å². The number of amides is 1. The summed E-state index contributed by atoms with van der Waals surface area (Å²) in [6, 6.07) is 12.4. The first-order chi connectivity index (χ1) is 13.5. The predicted octanol–water partition coefficient (Wildman–Crippen LogP) is 3.12. The molecule has 0 aliphatic carbocycles. The summed E-state index contributed by atoms with van der Waals surface area (Å²) in [6.07, 6.45) is 0. The maximum atomic E-state index is 12.7. The molecule has 0 aliphatic rings. The van der Waals surface area contributed by atoms with Crippen molar-refractivity contribution in [3.8, 4) is 5.75 Å². The SMILES string of the molecule is CC(=O)Nc1cc(OS(=O)(=O)c2ccc(C)cc2)c2ccc(S(=O)(=O)O)cc2c1. The average Bonchev–Trinajstić information content (AvgIpc) is 2.60. The molecule has 0 spiro atoms. The van der Waals surface area contributed by atoms with Gasteiger partial charge in [-0.05, 0) is 48.7 Å². The topological polar surface area (TPSA) is 127 Å². The molecule has 3 rings (SSSR count). The summed E-state index contributed by atoms with van der Waals surface area (Å²) < 4.78 is 62.8. The van der Waals surface area contributed by atoms with Crippen LogP contribution in [0.2, 0.25) is 0 Å². The van der Waals surface area contributed by atoms with Crippen molar-refractivity contribution in [2.45, 2.75) is 23.6 Å². The second kappa shape index (κ2) is 7.47. The van der Waals surface area contributed by atoms with Crippen molar-refractivity contribution in [1.82, 2.24) is 0 Å². The van der Waals surface area contributed by atoms with E-state index in [0.717, 1.165) is 17.7 Å². The highest BCUT2D eigenvalue weighted by Gasteiger charge is 2.20. The molecule has 0 radical (unpaired) electrons. The first-order valence-electron chi connectivity index (χ1n) is 8.30. The Morgan fingerprint density at radius 3 is 2.14 bits per heavy atom. The molecule has 8 nitrogen and oxygen atoms in total. The summed E-state index contributed by atoms with van der Waals surface area (Å²) >= 11 is 0. The van der Waals surface area contributed by atoms with Crippen molar-refractivity contribution in [2.75, 3.05) is 5.32 Å². The fourth-order valence-corrected chi connectivity index (χ4v) is 4.14. The maximum Gasteiger partial charge on any atom is 0.339 e. The van der Waals surface area contributed by atoms with Gasteiger partial charge in [-0.15, -0.1) is 0 Å². The number of anilines is 1. The molecular formula is C19H17NO7S2. The lowest BCUT2D eigenvalue weighted by molar-refractivity contribution is -0.114. The van der Waals surface area contributed by atoms with E-state index in [1.165, 1.54) is 37.3 Å². The summed E-state index contributed by atoms with van der Waals surface area (Å²) in [6.45, 7) is 3.08. The van der Waals surface area contributed by atoms with E-state index in [2.05, 4.69) is 5.32 Å². The smallest absolute Gasteiger partial charge is 0.339 e. The molecule has 0 aromatic heterocycles.